The van der Waals surface area contributed by atoms with Crippen molar-refractivity contribution in [2.45, 2.75) is 26.6 Å². The van der Waals surface area contributed by atoms with Crippen LogP contribution in [0.4, 0.5) is 18.9 Å². The molecule has 0 aliphatic heterocycles. The van der Waals surface area contributed by atoms with Gasteiger partial charge < -0.3 is 5.32 Å². The molecule has 0 unspecified atom stereocenters. The van der Waals surface area contributed by atoms with Crippen LogP contribution in [0.1, 0.15) is 21.1 Å². The Kier molecular flexibility index (Phi) is 4.39. The van der Waals surface area contributed by atoms with Crippen LogP contribution in [0, 0.1) is 13.8 Å². The summed E-state index contributed by atoms with van der Waals surface area (Å²) in [6.07, 6.45) is -4.35. The Bertz CT molecular complexity index is 623. The molecule has 0 saturated heterocycles. The Morgan fingerprint density at radius 2 is 1.95 bits per heavy atom. The second kappa shape index (κ2) is 5.73. The van der Waals surface area contributed by atoms with Crippen molar-refractivity contribution < 1.29 is 13.2 Å². The summed E-state index contributed by atoms with van der Waals surface area (Å²) >= 11 is 4.64. The average molecular weight is 365 g/mol. The molecule has 0 fully saturated rings. The van der Waals surface area contributed by atoms with Crippen molar-refractivity contribution in [2.75, 3.05) is 5.32 Å². The third kappa shape index (κ3) is 3.73. The Balaban J connectivity index is 2.18. The summed E-state index contributed by atoms with van der Waals surface area (Å²) in [5, 5.41) is 3.96. The van der Waals surface area contributed by atoms with Crippen molar-refractivity contribution in [3.05, 3.63) is 43.8 Å². The second-order valence-corrected chi connectivity index (χ2v) is 6.52. The molecule has 2 nitrogen and oxygen atoms in total. The van der Waals surface area contributed by atoms with E-state index in [1.807, 2.05) is 13.8 Å². The van der Waals surface area contributed by atoms with Crippen LogP contribution < -0.4 is 5.32 Å². The van der Waals surface area contributed by atoms with Crippen LogP contribution >= 0.6 is 27.3 Å². The van der Waals surface area contributed by atoms with Gasteiger partial charge in [0.15, 0.2) is 0 Å². The molecule has 20 heavy (non-hydrogen) atoms. The first-order valence-corrected chi connectivity index (χ1v) is 7.41. The van der Waals surface area contributed by atoms with E-state index in [4.69, 9.17) is 0 Å². The Hall–Kier alpha value is -1.08. The number of nitrogens with one attached hydrogen (secondary N) is 1. The zero-order valence-electron chi connectivity index (χ0n) is 10.8. The maximum absolute atomic E-state index is 12.7. The van der Waals surface area contributed by atoms with Gasteiger partial charge in [0.2, 0.25) is 0 Å². The maximum Gasteiger partial charge on any atom is 0.416 e. The Labute approximate surface area is 127 Å². The molecule has 1 N–H and O–H groups in total. The van der Waals surface area contributed by atoms with Crippen LogP contribution in [0.15, 0.2) is 22.7 Å². The number of nitrogens with zero attached hydrogens (tertiary/aromatic N) is 1. The molecule has 7 heteroatoms. The van der Waals surface area contributed by atoms with Crippen LogP contribution in [0.25, 0.3) is 0 Å². The smallest absolute Gasteiger partial charge is 0.380 e. The third-order valence-electron chi connectivity index (χ3n) is 2.68. The number of hydrogen-bond acceptors (Lipinski definition) is 3. The minimum Gasteiger partial charge on any atom is -0.380 e. The summed E-state index contributed by atoms with van der Waals surface area (Å²) in [6, 6.07) is 3.79. The topological polar surface area (TPSA) is 24.9 Å². The normalized spacial score (nSPS) is 11.7. The number of benzene rings is 1. The zero-order chi connectivity index (χ0) is 14.9. The summed E-state index contributed by atoms with van der Waals surface area (Å²) in [5.41, 5.74) is 0.662. The van der Waals surface area contributed by atoms with Gasteiger partial charge in [-0.1, -0.05) is 15.9 Å². The number of rotatable bonds is 3. The van der Waals surface area contributed by atoms with Crippen molar-refractivity contribution >= 4 is 33.0 Å². The summed E-state index contributed by atoms with van der Waals surface area (Å²) in [4.78, 5) is 5.31. The highest BCUT2D eigenvalue weighted by atomic mass is 79.9. The molecule has 0 spiro atoms. The molecular formula is C13H12BrF3N2S. The molecule has 0 amide bonds. The molecule has 2 aromatic rings. The van der Waals surface area contributed by atoms with Crippen LogP contribution in [0.2, 0.25) is 0 Å². The minimum absolute atomic E-state index is 0.395. The molecule has 1 aromatic heterocycles. The van der Waals surface area contributed by atoms with Gasteiger partial charge in [-0.15, -0.1) is 11.3 Å². The number of thiazole rings is 1. The minimum atomic E-state index is -4.35. The molecule has 0 atom stereocenters. The molecule has 0 aliphatic rings. The van der Waals surface area contributed by atoms with Crippen molar-refractivity contribution in [3.63, 3.8) is 0 Å². The van der Waals surface area contributed by atoms with E-state index < -0.39 is 11.7 Å². The number of aromatic nitrogens is 1. The van der Waals surface area contributed by atoms with Gasteiger partial charge in [0.05, 0.1) is 22.8 Å². The summed E-state index contributed by atoms with van der Waals surface area (Å²) in [5.74, 6) is 0. The highest BCUT2D eigenvalue weighted by Gasteiger charge is 2.31. The van der Waals surface area contributed by atoms with Gasteiger partial charge in [-0.2, -0.15) is 13.2 Å². The van der Waals surface area contributed by atoms with E-state index in [1.165, 1.54) is 11.3 Å². The number of alkyl halides is 3. The number of hydrogen-bond donors (Lipinski definition) is 1. The van der Waals surface area contributed by atoms with Crippen LogP contribution in [0.5, 0.6) is 0 Å². The van der Waals surface area contributed by atoms with Crippen molar-refractivity contribution in [3.8, 4) is 0 Å². The number of halogens is 4. The van der Waals surface area contributed by atoms with E-state index >= 15 is 0 Å². The highest BCUT2D eigenvalue weighted by molar-refractivity contribution is 9.10. The van der Waals surface area contributed by atoms with Crippen LogP contribution in [0.3, 0.4) is 0 Å². The van der Waals surface area contributed by atoms with Gasteiger partial charge in [-0.25, -0.2) is 4.98 Å². The molecule has 108 valence electrons. The maximum atomic E-state index is 12.7. The van der Waals surface area contributed by atoms with Gasteiger partial charge in [0, 0.05) is 15.0 Å². The van der Waals surface area contributed by atoms with Crippen LogP contribution in [-0.2, 0) is 12.7 Å². The summed E-state index contributed by atoms with van der Waals surface area (Å²) in [7, 11) is 0. The van der Waals surface area contributed by atoms with E-state index in [-0.39, 0.29) is 0 Å². The Morgan fingerprint density at radius 1 is 1.25 bits per heavy atom. The van der Waals surface area contributed by atoms with Gasteiger partial charge in [-0.3, -0.25) is 0 Å². The van der Waals surface area contributed by atoms with Crippen molar-refractivity contribution in [2.24, 2.45) is 0 Å². The van der Waals surface area contributed by atoms with E-state index in [9.17, 15) is 13.2 Å². The van der Waals surface area contributed by atoms with Crippen molar-refractivity contribution in [1.29, 1.82) is 0 Å². The van der Waals surface area contributed by atoms with E-state index in [2.05, 4.69) is 26.2 Å². The first-order chi connectivity index (χ1) is 9.25. The predicted molar refractivity (Wildman–Crippen MR) is 78.1 cm³/mol. The lowest BCUT2D eigenvalue weighted by Gasteiger charge is -2.11. The SMILES string of the molecule is Cc1nc(C)c(CNc2cc(Br)cc(C(F)(F)F)c2)s1. The number of aryl methyl sites for hydroxylation is 2. The monoisotopic (exact) mass is 364 g/mol. The fraction of sp³-hybridized carbons (Fsp3) is 0.308. The molecule has 0 radical (unpaired) electrons. The van der Waals surface area contributed by atoms with Gasteiger partial charge in [0.25, 0.3) is 0 Å². The molecule has 0 saturated carbocycles. The summed E-state index contributed by atoms with van der Waals surface area (Å²) in [6.45, 7) is 4.26. The molecule has 2 rings (SSSR count). The fourth-order valence-corrected chi connectivity index (χ4v) is 3.15. The first kappa shape index (κ1) is 15.3. The largest absolute Gasteiger partial charge is 0.416 e. The highest BCUT2D eigenvalue weighted by Crippen LogP contribution is 2.33. The lowest BCUT2D eigenvalue weighted by atomic mass is 10.2. The molecule has 1 aromatic carbocycles. The Morgan fingerprint density at radius 3 is 2.50 bits per heavy atom. The van der Waals surface area contributed by atoms with E-state index in [0.29, 0.717) is 16.7 Å². The molecule has 0 bridgehead atoms. The summed E-state index contributed by atoms with van der Waals surface area (Å²) < 4.78 is 38.6. The molecule has 1 heterocycles. The van der Waals surface area contributed by atoms with Crippen LogP contribution in [-0.4, -0.2) is 4.98 Å². The predicted octanol–water partition coefficient (Wildman–Crippen LogP) is 5.15. The standard InChI is InChI=1S/C13H12BrF3N2S/c1-7-12(20-8(2)19-7)6-18-11-4-9(13(15,16)17)3-10(14)5-11/h3-5,18H,6H2,1-2H3. The third-order valence-corrected chi connectivity index (χ3v) is 4.21. The van der Waals surface area contributed by atoms with Gasteiger partial charge >= 0.3 is 6.18 Å². The van der Waals surface area contributed by atoms with Crippen molar-refractivity contribution in [1.82, 2.24) is 4.98 Å². The fourth-order valence-electron chi connectivity index (χ4n) is 1.78. The number of anilines is 1. The van der Waals surface area contributed by atoms with E-state index in [1.54, 1.807) is 6.07 Å². The van der Waals surface area contributed by atoms with Gasteiger partial charge in [-0.05, 0) is 32.0 Å². The molecule has 0 aliphatic carbocycles. The molecular weight excluding hydrogens is 353 g/mol. The lowest BCUT2D eigenvalue weighted by molar-refractivity contribution is -0.137. The van der Waals surface area contributed by atoms with E-state index in [0.717, 1.165) is 27.7 Å². The average Bonchev–Trinajstić information content (AvgIpc) is 2.63. The second-order valence-electron chi connectivity index (χ2n) is 4.32. The quantitative estimate of drug-likeness (QED) is 0.814. The van der Waals surface area contributed by atoms with Gasteiger partial charge in [0.1, 0.15) is 0 Å². The zero-order valence-corrected chi connectivity index (χ0v) is 13.2. The lowest BCUT2D eigenvalue weighted by Crippen LogP contribution is -2.06. The first-order valence-electron chi connectivity index (χ1n) is 5.80.